The van der Waals surface area contributed by atoms with Gasteiger partial charge in [0.05, 0.1) is 0 Å². The SMILES string of the molecule is Cc1ccc(NC(=O)COc2ccc(Br)cc2C(=O)O)cc1. The van der Waals surface area contributed by atoms with Gasteiger partial charge in [-0.15, -0.1) is 0 Å². The fraction of sp³-hybridized carbons (Fsp3) is 0.125. The minimum absolute atomic E-state index is 0.00230. The quantitative estimate of drug-likeness (QED) is 0.852. The molecule has 114 valence electrons. The van der Waals surface area contributed by atoms with E-state index in [-0.39, 0.29) is 23.8 Å². The highest BCUT2D eigenvalue weighted by Gasteiger charge is 2.13. The number of carbonyl (C=O) groups excluding carboxylic acids is 1. The zero-order valence-corrected chi connectivity index (χ0v) is 13.4. The Labute approximate surface area is 136 Å². The maximum absolute atomic E-state index is 11.8. The Morgan fingerprint density at radius 3 is 2.50 bits per heavy atom. The second-order valence-electron chi connectivity index (χ2n) is 4.65. The van der Waals surface area contributed by atoms with Crippen molar-refractivity contribution in [1.29, 1.82) is 0 Å². The normalized spacial score (nSPS) is 10.1. The number of aromatic carboxylic acids is 1. The van der Waals surface area contributed by atoms with Crippen molar-refractivity contribution in [3.05, 3.63) is 58.1 Å². The van der Waals surface area contributed by atoms with Crippen LogP contribution >= 0.6 is 15.9 Å². The summed E-state index contributed by atoms with van der Waals surface area (Å²) in [5.41, 5.74) is 1.75. The van der Waals surface area contributed by atoms with Crippen LogP contribution in [0.2, 0.25) is 0 Å². The summed E-state index contributed by atoms with van der Waals surface area (Å²) in [5, 5.41) is 11.8. The first-order valence-corrected chi connectivity index (χ1v) is 7.27. The summed E-state index contributed by atoms with van der Waals surface area (Å²) in [7, 11) is 0. The number of rotatable bonds is 5. The van der Waals surface area contributed by atoms with Gasteiger partial charge in [0.15, 0.2) is 6.61 Å². The monoisotopic (exact) mass is 363 g/mol. The van der Waals surface area contributed by atoms with E-state index >= 15 is 0 Å². The van der Waals surface area contributed by atoms with Gasteiger partial charge in [-0.1, -0.05) is 33.6 Å². The Balaban J connectivity index is 1.99. The lowest BCUT2D eigenvalue weighted by atomic mass is 10.2. The molecule has 0 fully saturated rings. The van der Waals surface area contributed by atoms with Crippen LogP contribution in [0.5, 0.6) is 5.75 Å². The molecule has 2 aromatic carbocycles. The van der Waals surface area contributed by atoms with Crippen molar-refractivity contribution in [3.63, 3.8) is 0 Å². The van der Waals surface area contributed by atoms with Crippen LogP contribution in [-0.4, -0.2) is 23.6 Å². The number of anilines is 1. The zero-order valence-electron chi connectivity index (χ0n) is 11.8. The van der Waals surface area contributed by atoms with E-state index in [2.05, 4.69) is 21.2 Å². The van der Waals surface area contributed by atoms with Crippen molar-refractivity contribution in [2.45, 2.75) is 6.92 Å². The number of aryl methyl sites for hydroxylation is 1. The van der Waals surface area contributed by atoms with Crippen molar-refractivity contribution in [3.8, 4) is 5.75 Å². The van der Waals surface area contributed by atoms with Gasteiger partial charge in [-0.3, -0.25) is 4.79 Å². The van der Waals surface area contributed by atoms with Gasteiger partial charge in [0.2, 0.25) is 0 Å². The minimum Gasteiger partial charge on any atom is -0.483 e. The van der Waals surface area contributed by atoms with Crippen LogP contribution in [0.15, 0.2) is 46.9 Å². The van der Waals surface area contributed by atoms with Crippen molar-refractivity contribution in [2.24, 2.45) is 0 Å². The van der Waals surface area contributed by atoms with E-state index in [0.717, 1.165) is 5.56 Å². The van der Waals surface area contributed by atoms with Crippen molar-refractivity contribution in [2.75, 3.05) is 11.9 Å². The highest BCUT2D eigenvalue weighted by atomic mass is 79.9. The molecular weight excluding hydrogens is 350 g/mol. The van der Waals surface area contributed by atoms with Gasteiger partial charge >= 0.3 is 5.97 Å². The molecular formula is C16H14BrNO4. The van der Waals surface area contributed by atoms with Gasteiger partial charge in [0, 0.05) is 10.2 Å². The molecule has 2 rings (SSSR count). The molecule has 0 radical (unpaired) electrons. The Kier molecular flexibility index (Phi) is 5.16. The number of benzene rings is 2. The van der Waals surface area contributed by atoms with E-state index in [0.29, 0.717) is 10.2 Å². The summed E-state index contributed by atoms with van der Waals surface area (Å²) in [6.45, 7) is 1.69. The smallest absolute Gasteiger partial charge is 0.339 e. The van der Waals surface area contributed by atoms with Crippen LogP contribution < -0.4 is 10.1 Å². The van der Waals surface area contributed by atoms with Gasteiger partial charge in [0.1, 0.15) is 11.3 Å². The summed E-state index contributed by atoms with van der Waals surface area (Å²) in [5.74, 6) is -1.33. The van der Waals surface area contributed by atoms with Crippen LogP contribution in [0.1, 0.15) is 15.9 Å². The molecule has 0 aliphatic carbocycles. The molecule has 22 heavy (non-hydrogen) atoms. The van der Waals surface area contributed by atoms with Crippen LogP contribution in [-0.2, 0) is 4.79 Å². The summed E-state index contributed by atoms with van der Waals surface area (Å²) in [4.78, 5) is 23.0. The number of carboxylic acid groups (broad SMARTS) is 1. The number of carboxylic acids is 1. The van der Waals surface area contributed by atoms with Crippen LogP contribution in [0, 0.1) is 6.92 Å². The fourth-order valence-corrected chi connectivity index (χ4v) is 2.13. The van der Waals surface area contributed by atoms with Gasteiger partial charge in [-0.2, -0.15) is 0 Å². The molecule has 5 nitrogen and oxygen atoms in total. The molecule has 6 heteroatoms. The van der Waals surface area contributed by atoms with Gasteiger partial charge < -0.3 is 15.2 Å². The third-order valence-electron chi connectivity index (χ3n) is 2.87. The first-order valence-electron chi connectivity index (χ1n) is 6.48. The number of nitrogens with one attached hydrogen (secondary N) is 1. The largest absolute Gasteiger partial charge is 0.483 e. The van der Waals surface area contributed by atoms with E-state index in [1.54, 1.807) is 18.2 Å². The molecule has 0 saturated carbocycles. The average molecular weight is 364 g/mol. The maximum Gasteiger partial charge on any atom is 0.339 e. The molecule has 0 saturated heterocycles. The van der Waals surface area contributed by atoms with E-state index < -0.39 is 5.97 Å². The third kappa shape index (κ3) is 4.33. The van der Waals surface area contributed by atoms with Gasteiger partial charge in [-0.05, 0) is 37.3 Å². The lowest BCUT2D eigenvalue weighted by Crippen LogP contribution is -2.20. The Morgan fingerprint density at radius 2 is 1.86 bits per heavy atom. The Bertz CT molecular complexity index is 698. The topological polar surface area (TPSA) is 75.6 Å². The highest BCUT2D eigenvalue weighted by molar-refractivity contribution is 9.10. The standard InChI is InChI=1S/C16H14BrNO4/c1-10-2-5-12(6-3-10)18-15(19)9-22-14-7-4-11(17)8-13(14)16(20)21/h2-8H,9H2,1H3,(H,18,19)(H,20,21). The average Bonchev–Trinajstić information content (AvgIpc) is 2.48. The van der Waals surface area contributed by atoms with Crippen LogP contribution in [0.25, 0.3) is 0 Å². The Hall–Kier alpha value is -2.34. The molecule has 0 aliphatic heterocycles. The summed E-state index contributed by atoms with van der Waals surface area (Å²) in [6, 6.07) is 11.9. The van der Waals surface area contributed by atoms with E-state index in [1.807, 2.05) is 19.1 Å². The molecule has 0 aromatic heterocycles. The van der Waals surface area contributed by atoms with E-state index in [1.165, 1.54) is 12.1 Å². The highest BCUT2D eigenvalue weighted by Crippen LogP contribution is 2.23. The lowest BCUT2D eigenvalue weighted by Gasteiger charge is -2.10. The second kappa shape index (κ2) is 7.09. The predicted molar refractivity (Wildman–Crippen MR) is 86.4 cm³/mol. The predicted octanol–water partition coefficient (Wildman–Crippen LogP) is 3.47. The number of halogens is 1. The second-order valence-corrected chi connectivity index (χ2v) is 5.56. The molecule has 0 spiro atoms. The molecule has 0 atom stereocenters. The van der Waals surface area contributed by atoms with Gasteiger partial charge in [0.25, 0.3) is 5.91 Å². The van der Waals surface area contributed by atoms with Crippen molar-refractivity contribution in [1.82, 2.24) is 0 Å². The molecule has 2 aromatic rings. The number of amides is 1. The first-order chi connectivity index (χ1) is 10.5. The molecule has 0 unspecified atom stereocenters. The lowest BCUT2D eigenvalue weighted by molar-refractivity contribution is -0.118. The summed E-state index contributed by atoms with van der Waals surface area (Å²) >= 11 is 3.20. The minimum atomic E-state index is -1.12. The van der Waals surface area contributed by atoms with E-state index in [9.17, 15) is 9.59 Å². The zero-order chi connectivity index (χ0) is 16.1. The van der Waals surface area contributed by atoms with E-state index in [4.69, 9.17) is 9.84 Å². The maximum atomic E-state index is 11.8. The first kappa shape index (κ1) is 16.0. The molecule has 0 bridgehead atoms. The summed E-state index contributed by atoms with van der Waals surface area (Å²) < 4.78 is 5.92. The Morgan fingerprint density at radius 1 is 1.18 bits per heavy atom. The molecule has 0 heterocycles. The number of hydrogen-bond donors (Lipinski definition) is 2. The van der Waals surface area contributed by atoms with Crippen molar-refractivity contribution >= 4 is 33.5 Å². The van der Waals surface area contributed by atoms with Crippen LogP contribution in [0.3, 0.4) is 0 Å². The van der Waals surface area contributed by atoms with Crippen molar-refractivity contribution < 1.29 is 19.4 Å². The third-order valence-corrected chi connectivity index (χ3v) is 3.36. The fourth-order valence-electron chi connectivity index (χ4n) is 1.77. The molecule has 0 aliphatic rings. The molecule has 2 N–H and O–H groups in total. The number of ether oxygens (including phenoxy) is 1. The molecule has 1 amide bonds. The number of hydrogen-bond acceptors (Lipinski definition) is 3. The van der Waals surface area contributed by atoms with Crippen LogP contribution in [0.4, 0.5) is 5.69 Å². The summed E-state index contributed by atoms with van der Waals surface area (Å²) in [6.07, 6.45) is 0. The number of carbonyl (C=O) groups is 2. The van der Waals surface area contributed by atoms with Gasteiger partial charge in [-0.25, -0.2) is 4.79 Å².